The van der Waals surface area contributed by atoms with Crippen molar-refractivity contribution in [2.45, 2.75) is 96.5 Å². The van der Waals surface area contributed by atoms with Gasteiger partial charge in [0.25, 0.3) is 0 Å². The summed E-state index contributed by atoms with van der Waals surface area (Å²) in [5, 5.41) is 9.52. The van der Waals surface area contributed by atoms with Crippen molar-refractivity contribution in [1.82, 2.24) is 0 Å². The van der Waals surface area contributed by atoms with E-state index in [-0.39, 0.29) is 6.10 Å². The largest absolute Gasteiger partial charge is 0.389 e. The maximum atomic E-state index is 9.52. The minimum absolute atomic E-state index is 0.222. The van der Waals surface area contributed by atoms with Crippen LogP contribution >= 0.6 is 22.6 Å². The topological polar surface area (TPSA) is 20.2 Å². The predicted octanol–water partition coefficient (Wildman–Crippen LogP) is 6.39. The molecule has 0 aromatic rings. The third-order valence-corrected chi connectivity index (χ3v) is 4.06. The zero-order valence-electron chi connectivity index (χ0n) is 12.7. The van der Waals surface area contributed by atoms with E-state index in [9.17, 15) is 5.11 Å². The molecule has 0 unspecified atom stereocenters. The first kappa shape index (κ1) is 19.4. The standard InChI is InChI=1S/C17H33IO/c1-2-3-4-5-6-7-8-9-10-11-12-13-14-17(19)15-16-18/h15-17,19H,2-14H2,1H3/b16-15+/t17-/m1/s1. The van der Waals surface area contributed by atoms with E-state index in [2.05, 4.69) is 29.5 Å². The Morgan fingerprint density at radius 1 is 0.789 bits per heavy atom. The molecule has 0 aromatic heterocycles. The van der Waals surface area contributed by atoms with Crippen LogP contribution in [0.15, 0.2) is 10.2 Å². The number of hydrogen-bond acceptors (Lipinski definition) is 1. The predicted molar refractivity (Wildman–Crippen MR) is 94.9 cm³/mol. The minimum Gasteiger partial charge on any atom is -0.389 e. The highest BCUT2D eigenvalue weighted by Gasteiger charge is 1.98. The monoisotopic (exact) mass is 380 g/mol. The Morgan fingerprint density at radius 2 is 1.21 bits per heavy atom. The van der Waals surface area contributed by atoms with Crippen molar-refractivity contribution >= 4 is 22.6 Å². The van der Waals surface area contributed by atoms with Crippen LogP contribution in [0.5, 0.6) is 0 Å². The van der Waals surface area contributed by atoms with Gasteiger partial charge in [-0.15, -0.1) is 0 Å². The summed E-state index contributed by atoms with van der Waals surface area (Å²) in [7, 11) is 0. The number of halogens is 1. The fourth-order valence-electron chi connectivity index (χ4n) is 2.37. The van der Waals surface area contributed by atoms with Gasteiger partial charge in [-0.3, -0.25) is 0 Å². The number of aliphatic hydroxyl groups is 1. The van der Waals surface area contributed by atoms with Crippen molar-refractivity contribution in [2.75, 3.05) is 0 Å². The zero-order valence-corrected chi connectivity index (χ0v) is 14.9. The van der Waals surface area contributed by atoms with Crippen LogP contribution < -0.4 is 0 Å². The third kappa shape index (κ3) is 16.4. The van der Waals surface area contributed by atoms with Crippen molar-refractivity contribution < 1.29 is 5.11 Å². The van der Waals surface area contributed by atoms with E-state index in [4.69, 9.17) is 0 Å². The fraction of sp³-hybridized carbons (Fsp3) is 0.882. The first-order valence-electron chi connectivity index (χ1n) is 8.26. The Hall–Kier alpha value is 0.430. The number of unbranched alkanes of at least 4 members (excludes halogenated alkanes) is 11. The molecule has 0 amide bonds. The molecule has 0 fully saturated rings. The van der Waals surface area contributed by atoms with Crippen LogP contribution in [0.3, 0.4) is 0 Å². The molecule has 0 spiro atoms. The second kappa shape index (κ2) is 16.5. The van der Waals surface area contributed by atoms with E-state index in [1.165, 1.54) is 77.0 Å². The number of aliphatic hydroxyl groups excluding tert-OH is 1. The highest BCUT2D eigenvalue weighted by Crippen LogP contribution is 2.13. The quantitative estimate of drug-likeness (QED) is 0.274. The molecule has 0 aromatic carbocycles. The van der Waals surface area contributed by atoms with E-state index in [0.29, 0.717) is 0 Å². The lowest BCUT2D eigenvalue weighted by Crippen LogP contribution is -2.00. The molecule has 0 saturated heterocycles. The lowest BCUT2D eigenvalue weighted by Gasteiger charge is -2.05. The molecule has 2 heteroatoms. The fourth-order valence-corrected chi connectivity index (χ4v) is 2.85. The van der Waals surface area contributed by atoms with E-state index < -0.39 is 0 Å². The molecule has 19 heavy (non-hydrogen) atoms. The lowest BCUT2D eigenvalue weighted by atomic mass is 10.0. The summed E-state index contributed by atoms with van der Waals surface area (Å²) in [6, 6.07) is 0. The highest BCUT2D eigenvalue weighted by atomic mass is 127. The summed E-state index contributed by atoms with van der Waals surface area (Å²) < 4.78 is 1.91. The molecule has 0 radical (unpaired) electrons. The molecular weight excluding hydrogens is 347 g/mol. The van der Waals surface area contributed by atoms with E-state index in [1.807, 2.05) is 10.2 Å². The van der Waals surface area contributed by atoms with Crippen LogP contribution in [-0.4, -0.2) is 11.2 Å². The smallest absolute Gasteiger partial charge is 0.0728 e. The van der Waals surface area contributed by atoms with Crippen molar-refractivity contribution in [3.8, 4) is 0 Å². The summed E-state index contributed by atoms with van der Waals surface area (Å²) in [6.07, 6.45) is 19.1. The van der Waals surface area contributed by atoms with E-state index in [1.54, 1.807) is 0 Å². The molecule has 0 heterocycles. The maximum absolute atomic E-state index is 9.52. The second-order valence-electron chi connectivity index (χ2n) is 5.56. The number of rotatable bonds is 14. The molecule has 1 atom stereocenters. The molecule has 0 aliphatic rings. The van der Waals surface area contributed by atoms with Crippen LogP contribution in [0.25, 0.3) is 0 Å². The first-order valence-corrected chi connectivity index (χ1v) is 9.50. The van der Waals surface area contributed by atoms with E-state index in [0.717, 1.165) is 6.42 Å². The molecule has 1 nitrogen and oxygen atoms in total. The van der Waals surface area contributed by atoms with Crippen molar-refractivity contribution in [2.24, 2.45) is 0 Å². The van der Waals surface area contributed by atoms with E-state index >= 15 is 0 Å². The van der Waals surface area contributed by atoms with Gasteiger partial charge in [-0.2, -0.15) is 0 Å². The van der Waals surface area contributed by atoms with Crippen LogP contribution in [0.4, 0.5) is 0 Å². The molecule has 1 N–H and O–H groups in total. The van der Waals surface area contributed by atoms with Gasteiger partial charge in [0.15, 0.2) is 0 Å². The van der Waals surface area contributed by atoms with Crippen LogP contribution in [0.2, 0.25) is 0 Å². The second-order valence-corrected chi connectivity index (χ2v) is 6.28. The van der Waals surface area contributed by atoms with Gasteiger partial charge in [-0.25, -0.2) is 0 Å². The lowest BCUT2D eigenvalue weighted by molar-refractivity contribution is 0.208. The highest BCUT2D eigenvalue weighted by molar-refractivity contribution is 14.1. The normalized spacial score (nSPS) is 13.2. The van der Waals surface area contributed by atoms with Crippen LogP contribution in [0, 0.1) is 0 Å². The van der Waals surface area contributed by atoms with Crippen molar-refractivity contribution in [1.29, 1.82) is 0 Å². The Kier molecular flexibility index (Phi) is 16.9. The Morgan fingerprint density at radius 3 is 1.63 bits per heavy atom. The molecule has 0 aliphatic carbocycles. The first-order chi connectivity index (χ1) is 9.31. The van der Waals surface area contributed by atoms with Gasteiger partial charge in [0, 0.05) is 0 Å². The van der Waals surface area contributed by atoms with Gasteiger partial charge in [0.2, 0.25) is 0 Å². The van der Waals surface area contributed by atoms with Crippen molar-refractivity contribution in [3.05, 3.63) is 10.2 Å². The van der Waals surface area contributed by atoms with Gasteiger partial charge in [-0.1, -0.05) is 113 Å². The zero-order chi connectivity index (χ0) is 14.2. The summed E-state index contributed by atoms with van der Waals surface area (Å²) >= 11 is 2.16. The Balaban J connectivity index is 3.03. The molecular formula is C17H33IO. The average Bonchev–Trinajstić information content (AvgIpc) is 2.40. The summed E-state index contributed by atoms with van der Waals surface area (Å²) in [5.74, 6) is 0. The van der Waals surface area contributed by atoms with Gasteiger partial charge in [0.1, 0.15) is 0 Å². The van der Waals surface area contributed by atoms with Gasteiger partial charge in [0.05, 0.1) is 6.10 Å². The van der Waals surface area contributed by atoms with Gasteiger partial charge in [-0.05, 0) is 10.5 Å². The van der Waals surface area contributed by atoms with Crippen molar-refractivity contribution in [3.63, 3.8) is 0 Å². The molecule has 0 aliphatic heterocycles. The van der Waals surface area contributed by atoms with Gasteiger partial charge < -0.3 is 5.11 Å². The summed E-state index contributed by atoms with van der Waals surface area (Å²) in [6.45, 7) is 2.27. The van der Waals surface area contributed by atoms with Crippen LogP contribution in [-0.2, 0) is 0 Å². The SMILES string of the molecule is CCCCCCCCCCCCCC[C@@H](O)/C=C/I. The number of hydrogen-bond donors (Lipinski definition) is 1. The van der Waals surface area contributed by atoms with Crippen LogP contribution in [0.1, 0.15) is 90.4 Å². The Labute approximate surface area is 134 Å². The van der Waals surface area contributed by atoms with Gasteiger partial charge >= 0.3 is 0 Å². The Bertz CT molecular complexity index is 192. The molecule has 0 saturated carbocycles. The molecule has 114 valence electrons. The third-order valence-electron chi connectivity index (χ3n) is 3.65. The molecule has 0 rings (SSSR count). The summed E-state index contributed by atoms with van der Waals surface area (Å²) in [5.41, 5.74) is 0. The average molecular weight is 380 g/mol. The summed E-state index contributed by atoms with van der Waals surface area (Å²) in [4.78, 5) is 0. The minimum atomic E-state index is -0.222. The molecule has 0 bridgehead atoms. The maximum Gasteiger partial charge on any atom is 0.0728 e.